The highest BCUT2D eigenvalue weighted by Crippen LogP contribution is 2.33. The fourth-order valence-electron chi connectivity index (χ4n) is 3.95. The van der Waals surface area contributed by atoms with Crippen molar-refractivity contribution in [3.63, 3.8) is 0 Å². The largest absolute Gasteiger partial charge is 0.492 e. The zero-order valence-electron chi connectivity index (χ0n) is 18.0. The van der Waals surface area contributed by atoms with Crippen LogP contribution in [0.1, 0.15) is 11.4 Å². The van der Waals surface area contributed by atoms with Crippen LogP contribution >= 0.6 is 22.7 Å². The van der Waals surface area contributed by atoms with Gasteiger partial charge in [-0.2, -0.15) is 0 Å². The van der Waals surface area contributed by atoms with Gasteiger partial charge in [0, 0.05) is 28.9 Å². The molecule has 0 atom stereocenters. The van der Waals surface area contributed by atoms with Gasteiger partial charge in [0.25, 0.3) is 5.56 Å². The van der Waals surface area contributed by atoms with Crippen LogP contribution in [0, 0.1) is 6.92 Å². The lowest BCUT2D eigenvalue weighted by Gasteiger charge is -2.27. The molecule has 5 rings (SSSR count). The first-order chi connectivity index (χ1) is 15.7. The second-order valence-electron chi connectivity index (χ2n) is 7.85. The summed E-state index contributed by atoms with van der Waals surface area (Å²) in [5.74, 6) is 1.61. The quantitative estimate of drug-likeness (QED) is 0.403. The Bertz CT molecular complexity index is 1260. The molecule has 8 heteroatoms. The number of ether oxygens (including phenoxy) is 2. The summed E-state index contributed by atoms with van der Waals surface area (Å²) in [6.07, 6.45) is 0. The van der Waals surface area contributed by atoms with E-state index < -0.39 is 0 Å². The summed E-state index contributed by atoms with van der Waals surface area (Å²) < 4.78 is 13.3. The van der Waals surface area contributed by atoms with Gasteiger partial charge >= 0.3 is 0 Å². The molecule has 0 unspecified atom stereocenters. The summed E-state index contributed by atoms with van der Waals surface area (Å²) in [5.41, 5.74) is 2.13. The number of morpholine rings is 1. The Morgan fingerprint density at radius 2 is 2.03 bits per heavy atom. The number of benzene rings is 1. The van der Waals surface area contributed by atoms with Crippen LogP contribution in [-0.4, -0.2) is 47.4 Å². The number of aromatic nitrogens is 2. The molecule has 166 valence electrons. The third-order valence-corrected chi connectivity index (χ3v) is 7.38. The Morgan fingerprint density at radius 3 is 2.81 bits per heavy atom. The molecule has 4 aromatic rings. The van der Waals surface area contributed by atoms with Gasteiger partial charge in [0.05, 0.1) is 31.7 Å². The summed E-state index contributed by atoms with van der Waals surface area (Å²) in [6, 6.07) is 12.0. The van der Waals surface area contributed by atoms with Crippen molar-refractivity contribution in [2.75, 3.05) is 32.9 Å². The van der Waals surface area contributed by atoms with Gasteiger partial charge in [-0.05, 0) is 36.1 Å². The molecule has 1 aliphatic heterocycles. The van der Waals surface area contributed by atoms with Gasteiger partial charge in [-0.25, -0.2) is 4.98 Å². The fraction of sp³-hybridized carbons (Fsp3) is 0.333. The average molecular weight is 468 g/mol. The van der Waals surface area contributed by atoms with Crippen LogP contribution in [0.3, 0.4) is 0 Å². The highest BCUT2D eigenvalue weighted by Gasteiger charge is 2.20. The molecule has 1 aliphatic rings. The summed E-state index contributed by atoms with van der Waals surface area (Å²) in [7, 11) is 0. The molecule has 1 fully saturated rings. The fourth-order valence-corrected chi connectivity index (χ4v) is 5.72. The van der Waals surface area contributed by atoms with Gasteiger partial charge in [-0.15, -0.1) is 22.7 Å². The first kappa shape index (κ1) is 21.3. The number of aryl methyl sites for hydroxylation is 1. The van der Waals surface area contributed by atoms with E-state index in [1.807, 2.05) is 42.6 Å². The van der Waals surface area contributed by atoms with Crippen molar-refractivity contribution in [2.45, 2.75) is 20.0 Å². The van der Waals surface area contributed by atoms with Crippen molar-refractivity contribution in [1.29, 1.82) is 0 Å². The van der Waals surface area contributed by atoms with Crippen LogP contribution in [-0.2, 0) is 17.8 Å². The van der Waals surface area contributed by atoms with Crippen molar-refractivity contribution in [3.05, 3.63) is 68.9 Å². The van der Waals surface area contributed by atoms with E-state index in [0.717, 1.165) is 45.5 Å². The zero-order valence-corrected chi connectivity index (χ0v) is 19.6. The van der Waals surface area contributed by atoms with E-state index in [1.54, 1.807) is 27.2 Å². The molecule has 1 aromatic carbocycles. The molecule has 0 radical (unpaired) electrons. The number of thiophene rings is 2. The zero-order chi connectivity index (χ0) is 21.9. The maximum atomic E-state index is 13.7. The van der Waals surface area contributed by atoms with Crippen LogP contribution in [0.2, 0.25) is 0 Å². The van der Waals surface area contributed by atoms with Crippen LogP contribution in [0.15, 0.2) is 52.0 Å². The van der Waals surface area contributed by atoms with E-state index in [-0.39, 0.29) is 5.56 Å². The van der Waals surface area contributed by atoms with Gasteiger partial charge in [0.1, 0.15) is 23.0 Å². The van der Waals surface area contributed by atoms with E-state index >= 15 is 0 Å². The molecule has 32 heavy (non-hydrogen) atoms. The Kier molecular flexibility index (Phi) is 6.36. The molecular formula is C24H25N3O3S2. The van der Waals surface area contributed by atoms with Crippen molar-refractivity contribution in [2.24, 2.45) is 0 Å². The molecule has 4 heterocycles. The van der Waals surface area contributed by atoms with Crippen LogP contribution in [0.5, 0.6) is 5.75 Å². The first-order valence-electron chi connectivity index (χ1n) is 10.7. The Hall–Kier alpha value is -2.52. The monoisotopic (exact) mass is 467 g/mol. The predicted molar refractivity (Wildman–Crippen MR) is 130 cm³/mol. The summed E-state index contributed by atoms with van der Waals surface area (Å²) >= 11 is 3.18. The first-order valence-corrected chi connectivity index (χ1v) is 12.5. The topological polar surface area (TPSA) is 56.6 Å². The third-order valence-electron chi connectivity index (χ3n) is 5.60. The minimum Gasteiger partial charge on any atom is -0.492 e. The van der Waals surface area contributed by atoms with E-state index in [9.17, 15) is 4.79 Å². The lowest BCUT2D eigenvalue weighted by molar-refractivity contribution is 0.0323. The molecule has 0 N–H and O–H groups in total. The number of fused-ring (bicyclic) bond motifs is 1. The van der Waals surface area contributed by atoms with Crippen LogP contribution in [0.4, 0.5) is 0 Å². The summed E-state index contributed by atoms with van der Waals surface area (Å²) in [6.45, 7) is 6.65. The van der Waals surface area contributed by atoms with Crippen molar-refractivity contribution in [1.82, 2.24) is 14.5 Å². The molecule has 3 aromatic heterocycles. The van der Waals surface area contributed by atoms with E-state index in [0.29, 0.717) is 38.3 Å². The number of hydrogen-bond donors (Lipinski definition) is 0. The smallest absolute Gasteiger partial charge is 0.263 e. The number of nitrogens with zero attached hydrogens (tertiary/aromatic N) is 3. The molecular weight excluding hydrogens is 442 g/mol. The molecule has 1 saturated heterocycles. The van der Waals surface area contributed by atoms with E-state index in [2.05, 4.69) is 16.3 Å². The Balaban J connectivity index is 1.49. The maximum absolute atomic E-state index is 13.7. The molecule has 0 saturated carbocycles. The van der Waals surface area contributed by atoms with Crippen LogP contribution < -0.4 is 10.3 Å². The number of hydrogen-bond acceptors (Lipinski definition) is 7. The Morgan fingerprint density at radius 1 is 1.16 bits per heavy atom. The molecule has 6 nitrogen and oxygen atoms in total. The van der Waals surface area contributed by atoms with E-state index in [4.69, 9.17) is 14.5 Å². The minimum absolute atomic E-state index is 0.00996. The SMILES string of the molecule is Cc1cccc(OCCn2c(CN3CCOCC3)nc3scc(-c4cccs4)c3c2=O)c1. The van der Waals surface area contributed by atoms with Gasteiger partial charge in [-0.1, -0.05) is 18.2 Å². The van der Waals surface area contributed by atoms with Gasteiger partial charge < -0.3 is 9.47 Å². The molecule has 0 aliphatic carbocycles. The predicted octanol–water partition coefficient (Wildman–Crippen LogP) is 4.41. The molecule has 0 bridgehead atoms. The van der Waals surface area contributed by atoms with Gasteiger partial charge in [0.2, 0.25) is 0 Å². The summed E-state index contributed by atoms with van der Waals surface area (Å²) in [4.78, 5) is 22.8. The van der Waals surface area contributed by atoms with Crippen molar-refractivity contribution in [3.8, 4) is 16.2 Å². The lowest BCUT2D eigenvalue weighted by atomic mass is 10.2. The lowest BCUT2D eigenvalue weighted by Crippen LogP contribution is -2.38. The highest BCUT2D eigenvalue weighted by molar-refractivity contribution is 7.18. The second kappa shape index (κ2) is 9.54. The van der Waals surface area contributed by atoms with Crippen molar-refractivity contribution < 1.29 is 9.47 Å². The standard InChI is InChI=1S/C24H25N3O3S2/c1-17-4-2-5-18(14-17)30-12-9-27-21(15-26-7-10-29-11-8-26)25-23-22(24(27)28)19(16-32-23)20-6-3-13-31-20/h2-6,13-14,16H,7-12,15H2,1H3. The van der Waals surface area contributed by atoms with Gasteiger partial charge in [0.15, 0.2) is 0 Å². The normalized spacial score (nSPS) is 14.8. The number of rotatable bonds is 7. The molecule has 0 amide bonds. The minimum atomic E-state index is 0.00996. The maximum Gasteiger partial charge on any atom is 0.263 e. The van der Waals surface area contributed by atoms with Crippen molar-refractivity contribution >= 4 is 32.9 Å². The highest BCUT2D eigenvalue weighted by atomic mass is 32.1. The van der Waals surface area contributed by atoms with E-state index in [1.165, 1.54) is 0 Å². The Labute approximate surface area is 194 Å². The molecule has 0 spiro atoms. The summed E-state index contributed by atoms with van der Waals surface area (Å²) in [5, 5.41) is 4.79. The van der Waals surface area contributed by atoms with Gasteiger partial charge in [-0.3, -0.25) is 14.3 Å². The average Bonchev–Trinajstić information content (AvgIpc) is 3.46. The second-order valence-corrected chi connectivity index (χ2v) is 9.65. The third kappa shape index (κ3) is 4.49. The van der Waals surface area contributed by atoms with Crippen LogP contribution in [0.25, 0.3) is 20.7 Å².